The van der Waals surface area contributed by atoms with Gasteiger partial charge in [0.05, 0.1) is 12.2 Å². The lowest BCUT2D eigenvalue weighted by molar-refractivity contribution is -0.106. The van der Waals surface area contributed by atoms with Crippen LogP contribution in [0.25, 0.3) is 0 Å². The van der Waals surface area contributed by atoms with E-state index in [-0.39, 0.29) is 5.60 Å². The van der Waals surface area contributed by atoms with E-state index < -0.39 is 0 Å². The first kappa shape index (κ1) is 10.0. The van der Waals surface area contributed by atoms with Gasteiger partial charge in [0.15, 0.2) is 0 Å². The third-order valence-electron chi connectivity index (χ3n) is 2.84. The smallest absolute Gasteiger partial charge is 0.0779 e. The summed E-state index contributed by atoms with van der Waals surface area (Å²) in [4.78, 5) is 2.49. The summed E-state index contributed by atoms with van der Waals surface area (Å²) in [6, 6.07) is 0.653. The van der Waals surface area contributed by atoms with Gasteiger partial charge in [0.2, 0.25) is 0 Å². The number of hydrogen-bond donors (Lipinski definition) is 0. The number of morpholine rings is 1. The molecule has 0 N–H and O–H groups in total. The van der Waals surface area contributed by atoms with Crippen molar-refractivity contribution in [1.29, 1.82) is 0 Å². The van der Waals surface area contributed by atoms with Crippen LogP contribution in [0.3, 0.4) is 0 Å². The minimum absolute atomic E-state index is 0.0997. The van der Waals surface area contributed by atoms with Crippen molar-refractivity contribution in [2.24, 2.45) is 0 Å². The van der Waals surface area contributed by atoms with E-state index in [4.69, 9.17) is 4.74 Å². The lowest BCUT2D eigenvalue weighted by Gasteiger charge is -2.41. The molecule has 1 saturated heterocycles. The molecule has 0 bridgehead atoms. The van der Waals surface area contributed by atoms with Gasteiger partial charge in [-0.1, -0.05) is 6.92 Å². The van der Waals surface area contributed by atoms with E-state index >= 15 is 0 Å². The highest BCUT2D eigenvalue weighted by molar-refractivity contribution is 4.83. The molecule has 1 unspecified atom stereocenters. The number of ether oxygens (including phenoxy) is 1. The van der Waals surface area contributed by atoms with Crippen LogP contribution in [0.5, 0.6) is 0 Å². The molecule has 0 aromatic carbocycles. The summed E-state index contributed by atoms with van der Waals surface area (Å²) in [5, 5.41) is 0. The molecule has 1 aliphatic rings. The van der Waals surface area contributed by atoms with E-state index in [1.165, 1.54) is 0 Å². The molecular weight excluding hydrogens is 150 g/mol. The maximum Gasteiger partial charge on any atom is 0.0779 e. The predicted molar refractivity (Wildman–Crippen MR) is 51.4 cm³/mol. The Kier molecular flexibility index (Phi) is 3.13. The Morgan fingerprint density at radius 2 is 2.17 bits per heavy atom. The summed E-state index contributed by atoms with van der Waals surface area (Å²) in [7, 11) is 0. The summed E-state index contributed by atoms with van der Waals surface area (Å²) >= 11 is 0. The topological polar surface area (TPSA) is 12.5 Å². The minimum atomic E-state index is 0.0997. The molecule has 72 valence electrons. The molecule has 0 saturated carbocycles. The van der Waals surface area contributed by atoms with Gasteiger partial charge in [0.25, 0.3) is 0 Å². The standard InChI is InChI=1S/C10H21NO/c1-5-10(4)8-11(9(2)3)6-7-12-10/h9H,5-8H2,1-4H3. The molecule has 1 heterocycles. The zero-order valence-corrected chi connectivity index (χ0v) is 8.76. The largest absolute Gasteiger partial charge is 0.373 e. The fraction of sp³-hybridized carbons (Fsp3) is 1.00. The lowest BCUT2D eigenvalue weighted by atomic mass is 10.0. The SMILES string of the molecule is CCC1(C)CN(C(C)C)CCO1. The van der Waals surface area contributed by atoms with E-state index in [2.05, 4.69) is 32.6 Å². The second kappa shape index (κ2) is 3.75. The Balaban J connectivity index is 2.51. The molecule has 1 rings (SSSR count). The highest BCUT2D eigenvalue weighted by atomic mass is 16.5. The van der Waals surface area contributed by atoms with E-state index in [0.717, 1.165) is 26.1 Å². The van der Waals surface area contributed by atoms with E-state index in [1.54, 1.807) is 0 Å². The third kappa shape index (κ3) is 2.20. The van der Waals surface area contributed by atoms with Gasteiger partial charge in [-0.05, 0) is 27.2 Å². The summed E-state index contributed by atoms with van der Waals surface area (Å²) in [6.07, 6.45) is 1.11. The molecule has 0 aromatic rings. The Morgan fingerprint density at radius 3 is 2.67 bits per heavy atom. The minimum Gasteiger partial charge on any atom is -0.373 e. The first-order valence-electron chi connectivity index (χ1n) is 4.95. The zero-order chi connectivity index (χ0) is 9.19. The molecule has 1 atom stereocenters. The van der Waals surface area contributed by atoms with Gasteiger partial charge in [-0.15, -0.1) is 0 Å². The first-order valence-corrected chi connectivity index (χ1v) is 4.95. The van der Waals surface area contributed by atoms with Crippen molar-refractivity contribution in [3.63, 3.8) is 0 Å². The fourth-order valence-electron chi connectivity index (χ4n) is 1.62. The van der Waals surface area contributed by atoms with Crippen LogP contribution >= 0.6 is 0 Å². The van der Waals surface area contributed by atoms with Gasteiger partial charge in [-0.3, -0.25) is 4.90 Å². The van der Waals surface area contributed by atoms with E-state index in [0.29, 0.717) is 6.04 Å². The summed E-state index contributed by atoms with van der Waals surface area (Å²) in [6.45, 7) is 12.0. The molecule has 12 heavy (non-hydrogen) atoms. The maximum absolute atomic E-state index is 5.75. The summed E-state index contributed by atoms with van der Waals surface area (Å²) in [5.74, 6) is 0. The van der Waals surface area contributed by atoms with Crippen LogP contribution in [-0.4, -0.2) is 36.2 Å². The molecule has 2 heteroatoms. The molecule has 0 aliphatic carbocycles. The van der Waals surface area contributed by atoms with Gasteiger partial charge in [-0.25, -0.2) is 0 Å². The normalized spacial score (nSPS) is 32.8. The van der Waals surface area contributed by atoms with E-state index in [1.807, 2.05) is 0 Å². The highest BCUT2D eigenvalue weighted by Crippen LogP contribution is 2.21. The van der Waals surface area contributed by atoms with Crippen molar-refractivity contribution < 1.29 is 4.74 Å². The van der Waals surface area contributed by atoms with Crippen molar-refractivity contribution in [2.45, 2.75) is 45.8 Å². The average molecular weight is 171 g/mol. The average Bonchev–Trinajstić information content (AvgIpc) is 2.05. The Bertz CT molecular complexity index is 147. The summed E-state index contributed by atoms with van der Waals surface area (Å²) in [5.41, 5.74) is 0.0997. The van der Waals surface area contributed by atoms with Crippen LogP contribution in [-0.2, 0) is 4.74 Å². The summed E-state index contributed by atoms with van der Waals surface area (Å²) < 4.78 is 5.75. The molecule has 0 spiro atoms. The van der Waals surface area contributed by atoms with Crippen molar-refractivity contribution in [3.8, 4) is 0 Å². The molecule has 0 aromatic heterocycles. The predicted octanol–water partition coefficient (Wildman–Crippen LogP) is 1.90. The van der Waals surface area contributed by atoms with Crippen LogP contribution in [0.4, 0.5) is 0 Å². The third-order valence-corrected chi connectivity index (χ3v) is 2.84. The van der Waals surface area contributed by atoms with Gasteiger partial charge in [-0.2, -0.15) is 0 Å². The number of hydrogen-bond acceptors (Lipinski definition) is 2. The van der Waals surface area contributed by atoms with Gasteiger partial charge < -0.3 is 4.74 Å². The lowest BCUT2D eigenvalue weighted by Crippen LogP contribution is -2.51. The van der Waals surface area contributed by atoms with Gasteiger partial charge in [0.1, 0.15) is 0 Å². The second-order valence-corrected chi connectivity index (χ2v) is 4.22. The maximum atomic E-state index is 5.75. The Morgan fingerprint density at radius 1 is 1.50 bits per heavy atom. The molecule has 1 aliphatic heterocycles. The number of nitrogens with zero attached hydrogens (tertiary/aromatic N) is 1. The molecule has 0 radical (unpaired) electrons. The van der Waals surface area contributed by atoms with Crippen LogP contribution in [0, 0.1) is 0 Å². The molecule has 2 nitrogen and oxygen atoms in total. The first-order chi connectivity index (χ1) is 5.57. The zero-order valence-electron chi connectivity index (χ0n) is 8.76. The second-order valence-electron chi connectivity index (χ2n) is 4.22. The Labute approximate surface area is 75.9 Å². The molecule has 0 amide bonds. The highest BCUT2D eigenvalue weighted by Gasteiger charge is 2.30. The van der Waals surface area contributed by atoms with Crippen LogP contribution in [0.2, 0.25) is 0 Å². The molecule has 1 fully saturated rings. The van der Waals surface area contributed by atoms with Crippen molar-refractivity contribution in [2.75, 3.05) is 19.7 Å². The number of rotatable bonds is 2. The van der Waals surface area contributed by atoms with Gasteiger partial charge in [0, 0.05) is 19.1 Å². The van der Waals surface area contributed by atoms with Gasteiger partial charge >= 0.3 is 0 Å². The van der Waals surface area contributed by atoms with Crippen molar-refractivity contribution >= 4 is 0 Å². The van der Waals surface area contributed by atoms with Crippen molar-refractivity contribution in [1.82, 2.24) is 4.90 Å². The van der Waals surface area contributed by atoms with Crippen LogP contribution < -0.4 is 0 Å². The van der Waals surface area contributed by atoms with Crippen LogP contribution in [0.1, 0.15) is 34.1 Å². The van der Waals surface area contributed by atoms with Crippen LogP contribution in [0.15, 0.2) is 0 Å². The quantitative estimate of drug-likeness (QED) is 0.629. The molecular formula is C10H21NO. The fourth-order valence-corrected chi connectivity index (χ4v) is 1.62. The van der Waals surface area contributed by atoms with Crippen molar-refractivity contribution in [3.05, 3.63) is 0 Å². The monoisotopic (exact) mass is 171 g/mol. The Hall–Kier alpha value is -0.0800. The van der Waals surface area contributed by atoms with E-state index in [9.17, 15) is 0 Å².